The highest BCUT2D eigenvalue weighted by molar-refractivity contribution is 7.96. The van der Waals surface area contributed by atoms with Crippen LogP contribution in [0, 0.1) is 11.7 Å². The Hall–Kier alpha value is -2.41. The first-order valence-electron chi connectivity index (χ1n) is 11.7. The van der Waals surface area contributed by atoms with Gasteiger partial charge in [0.25, 0.3) is 5.91 Å². The van der Waals surface area contributed by atoms with Crippen LogP contribution in [0.1, 0.15) is 58.9 Å². The minimum atomic E-state index is -4.46. The van der Waals surface area contributed by atoms with Gasteiger partial charge in [0.1, 0.15) is 17.3 Å². The Morgan fingerprint density at radius 1 is 1.25 bits per heavy atom. The molecule has 1 amide bonds. The summed E-state index contributed by atoms with van der Waals surface area (Å²) in [5.41, 5.74) is 2.30. The summed E-state index contributed by atoms with van der Waals surface area (Å²) in [5, 5.41) is 9.47. The molecule has 1 aliphatic carbocycles. The molecule has 4 rings (SSSR count). The summed E-state index contributed by atoms with van der Waals surface area (Å²) in [6.45, 7) is 2.13. The summed E-state index contributed by atoms with van der Waals surface area (Å²) in [6, 6.07) is 6.67. The molecule has 0 spiro atoms. The average molecular weight is 529 g/mol. The van der Waals surface area contributed by atoms with Crippen molar-refractivity contribution in [2.75, 3.05) is 26.0 Å². The predicted octanol–water partition coefficient (Wildman–Crippen LogP) is 5.02. The highest BCUT2D eigenvalue weighted by Gasteiger charge is 2.33. The first-order chi connectivity index (χ1) is 17.1. The van der Waals surface area contributed by atoms with Crippen molar-refractivity contribution in [1.82, 2.24) is 19.9 Å². The number of hydrazine groups is 1. The van der Waals surface area contributed by atoms with Crippen molar-refractivity contribution >= 4 is 17.9 Å². The van der Waals surface area contributed by atoms with Gasteiger partial charge in [0, 0.05) is 18.9 Å². The van der Waals surface area contributed by atoms with Crippen molar-refractivity contribution in [2.45, 2.75) is 44.3 Å². The molecule has 2 N–H and O–H groups in total. The van der Waals surface area contributed by atoms with E-state index in [-0.39, 0.29) is 17.4 Å². The monoisotopic (exact) mass is 528 g/mol. The van der Waals surface area contributed by atoms with Crippen molar-refractivity contribution in [3.63, 3.8) is 0 Å². The molecule has 12 heteroatoms. The highest BCUT2D eigenvalue weighted by atomic mass is 32.2. The van der Waals surface area contributed by atoms with Gasteiger partial charge in [0.05, 0.1) is 17.9 Å². The number of aromatic nitrogens is 1. The number of benzene rings is 1. The molecule has 36 heavy (non-hydrogen) atoms. The zero-order chi connectivity index (χ0) is 25.9. The van der Waals surface area contributed by atoms with Crippen molar-refractivity contribution in [1.29, 1.82) is 0 Å². The van der Waals surface area contributed by atoms with Gasteiger partial charge in [-0.2, -0.15) is 13.2 Å². The largest absolute Gasteiger partial charge is 0.493 e. The molecule has 1 saturated heterocycles. The molecule has 7 nitrogen and oxygen atoms in total. The number of hydrogen-bond donors (Lipinski definition) is 2. The number of rotatable bonds is 9. The molecule has 2 fully saturated rings. The number of hydrogen-bond acceptors (Lipinski definition) is 7. The summed E-state index contributed by atoms with van der Waals surface area (Å²) >= 11 is 0.863. The van der Waals surface area contributed by atoms with Crippen LogP contribution in [0.3, 0.4) is 0 Å². The highest BCUT2D eigenvalue weighted by Crippen LogP contribution is 2.45. The number of ether oxygens (including phenoxy) is 1. The third kappa shape index (κ3) is 6.87. The zero-order valence-corrected chi connectivity index (χ0v) is 20.5. The number of alkyl halides is 3. The van der Waals surface area contributed by atoms with Gasteiger partial charge >= 0.3 is 6.18 Å². The lowest BCUT2D eigenvalue weighted by Gasteiger charge is -2.31. The lowest BCUT2D eigenvalue weighted by molar-refractivity contribution is -0.141. The number of carbonyl (C=O) groups excluding carboxylic acids is 1. The number of pyridine rings is 1. The lowest BCUT2D eigenvalue weighted by atomic mass is 9.97. The summed E-state index contributed by atoms with van der Waals surface area (Å²) in [6.07, 6.45) is 0.540. The second-order valence-electron chi connectivity index (χ2n) is 9.08. The Morgan fingerprint density at radius 2 is 1.97 bits per heavy atom. The maximum absolute atomic E-state index is 14.7. The van der Waals surface area contributed by atoms with Gasteiger partial charge in [-0.05, 0) is 90.9 Å². The van der Waals surface area contributed by atoms with E-state index in [2.05, 4.69) is 15.3 Å². The quantitative estimate of drug-likeness (QED) is 0.269. The third-order valence-electron chi connectivity index (χ3n) is 6.40. The van der Waals surface area contributed by atoms with Crippen LogP contribution in [0.2, 0.25) is 0 Å². The van der Waals surface area contributed by atoms with Crippen LogP contribution in [0.15, 0.2) is 30.3 Å². The second kappa shape index (κ2) is 11.3. The zero-order valence-electron chi connectivity index (χ0n) is 19.7. The predicted molar refractivity (Wildman–Crippen MR) is 126 cm³/mol. The van der Waals surface area contributed by atoms with E-state index in [1.165, 1.54) is 18.2 Å². The van der Waals surface area contributed by atoms with E-state index in [1.807, 2.05) is 0 Å². The van der Waals surface area contributed by atoms with E-state index in [0.717, 1.165) is 49.3 Å². The molecule has 1 aliphatic heterocycles. The molecule has 0 unspecified atom stereocenters. The van der Waals surface area contributed by atoms with Crippen molar-refractivity contribution < 1.29 is 32.3 Å². The van der Waals surface area contributed by atoms with Crippen molar-refractivity contribution in [3.05, 3.63) is 58.7 Å². The minimum Gasteiger partial charge on any atom is -0.493 e. The molecule has 2 heterocycles. The smallest absolute Gasteiger partial charge is 0.433 e. The fourth-order valence-electron chi connectivity index (χ4n) is 4.25. The Labute approximate surface area is 210 Å². The van der Waals surface area contributed by atoms with Crippen LogP contribution >= 0.6 is 11.9 Å². The molecular formula is C24H28F4N4O3S. The first-order valence-corrected chi connectivity index (χ1v) is 12.9. The number of amides is 1. The minimum absolute atomic E-state index is 0.158. The SMILES string of the molecule is CSN(O)NC(=O)c1cc(C2CC2)c(OCC2CCN(Cc3cccc(C(F)(F)F)n3)CC2)cc1F. The van der Waals surface area contributed by atoms with E-state index in [0.29, 0.717) is 42.3 Å². The average Bonchev–Trinajstić information content (AvgIpc) is 3.68. The van der Waals surface area contributed by atoms with E-state index >= 15 is 0 Å². The molecule has 2 aliphatic rings. The Morgan fingerprint density at radius 3 is 2.61 bits per heavy atom. The molecule has 0 radical (unpaired) electrons. The van der Waals surface area contributed by atoms with Gasteiger partial charge in [-0.1, -0.05) is 6.07 Å². The van der Waals surface area contributed by atoms with Crippen LogP contribution in [0.25, 0.3) is 0 Å². The fourth-order valence-corrected chi connectivity index (χ4v) is 4.42. The van der Waals surface area contributed by atoms with Gasteiger partial charge < -0.3 is 4.74 Å². The summed E-state index contributed by atoms with van der Waals surface area (Å²) in [7, 11) is 0. The Balaban J connectivity index is 1.32. The maximum atomic E-state index is 14.7. The van der Waals surface area contributed by atoms with Crippen LogP contribution in [-0.4, -0.2) is 51.5 Å². The Kier molecular flexibility index (Phi) is 8.38. The molecule has 1 aromatic heterocycles. The molecular weight excluding hydrogens is 500 g/mol. The van der Waals surface area contributed by atoms with E-state index < -0.39 is 23.6 Å². The molecule has 0 atom stereocenters. The lowest BCUT2D eigenvalue weighted by Crippen LogP contribution is -2.35. The van der Waals surface area contributed by atoms with Gasteiger partial charge in [0.2, 0.25) is 0 Å². The summed E-state index contributed by atoms with van der Waals surface area (Å²) in [5.74, 6) is -0.629. The summed E-state index contributed by atoms with van der Waals surface area (Å²) < 4.78 is 60.0. The standard InChI is InChI=1S/C24H28F4N4O3S/c1-36-32(34)30-23(33)19-11-18(16-5-6-16)21(12-20(19)25)35-14-15-7-9-31(10-8-15)13-17-3-2-4-22(29-17)24(26,27)28/h2-4,11-12,15-16,34H,5-10,13-14H2,1H3,(H,30,33). The van der Waals surface area contributed by atoms with Crippen molar-refractivity contribution in [3.8, 4) is 5.75 Å². The molecule has 2 aromatic rings. The second-order valence-corrected chi connectivity index (χ2v) is 9.79. The number of carbonyl (C=O) groups is 1. The van der Waals surface area contributed by atoms with E-state index in [4.69, 9.17) is 4.74 Å². The molecule has 196 valence electrons. The first kappa shape index (κ1) is 26.6. The number of nitrogens with zero attached hydrogens (tertiary/aromatic N) is 3. The van der Waals surface area contributed by atoms with Gasteiger partial charge in [-0.15, -0.1) is 0 Å². The molecule has 1 saturated carbocycles. The van der Waals surface area contributed by atoms with Crippen LogP contribution in [0.5, 0.6) is 5.75 Å². The topological polar surface area (TPSA) is 77.9 Å². The van der Waals surface area contributed by atoms with E-state index in [1.54, 1.807) is 12.3 Å². The molecule has 0 bridgehead atoms. The number of halogens is 4. The van der Waals surface area contributed by atoms with Crippen molar-refractivity contribution in [2.24, 2.45) is 5.92 Å². The fraction of sp³-hybridized carbons (Fsp3) is 0.500. The number of nitrogens with one attached hydrogen (secondary N) is 1. The van der Waals surface area contributed by atoms with Gasteiger partial charge in [-0.25, -0.2) is 9.37 Å². The van der Waals surface area contributed by atoms with Crippen LogP contribution in [0.4, 0.5) is 17.6 Å². The summed E-state index contributed by atoms with van der Waals surface area (Å²) in [4.78, 5) is 18.1. The third-order valence-corrected chi connectivity index (χ3v) is 6.83. The molecule has 1 aromatic carbocycles. The van der Waals surface area contributed by atoms with E-state index in [9.17, 15) is 27.6 Å². The van der Waals surface area contributed by atoms with Crippen LogP contribution in [-0.2, 0) is 12.7 Å². The van der Waals surface area contributed by atoms with Crippen LogP contribution < -0.4 is 10.2 Å². The Bertz CT molecular complexity index is 1080. The van der Waals surface area contributed by atoms with Gasteiger partial charge in [-0.3, -0.25) is 20.3 Å². The maximum Gasteiger partial charge on any atom is 0.433 e. The van der Waals surface area contributed by atoms with Gasteiger partial charge in [0.15, 0.2) is 0 Å². The normalized spacial score (nSPS) is 17.4. The number of piperidine rings is 1. The number of likely N-dealkylation sites (tertiary alicyclic amines) is 1.